The molecule has 0 aliphatic carbocycles. The summed E-state index contributed by atoms with van der Waals surface area (Å²) in [6.45, 7) is 4.35. The monoisotopic (exact) mass is 270 g/mol. The molecule has 0 saturated heterocycles. The number of thiazole rings is 1. The van der Waals surface area contributed by atoms with E-state index in [1.807, 2.05) is 17.1 Å². The average molecular weight is 270 g/mol. The Balaban J connectivity index is 2.01. The normalized spacial score (nSPS) is 12.8. The maximum Gasteiger partial charge on any atom is 0.277 e. The molecule has 0 aliphatic rings. The van der Waals surface area contributed by atoms with Crippen molar-refractivity contribution in [3.63, 3.8) is 0 Å². The van der Waals surface area contributed by atoms with Crippen molar-refractivity contribution in [1.29, 1.82) is 0 Å². The number of thioether (sulfide) groups is 1. The zero-order valence-electron chi connectivity index (χ0n) is 9.71. The van der Waals surface area contributed by atoms with Gasteiger partial charge in [0.05, 0.1) is 5.75 Å². The average Bonchev–Trinajstić information content (AvgIpc) is 2.94. The number of nitrogen functional groups attached to an aromatic ring is 1. The minimum absolute atomic E-state index is 0.442. The van der Waals surface area contributed by atoms with Gasteiger partial charge < -0.3 is 10.3 Å². The molecule has 0 aromatic carbocycles. The van der Waals surface area contributed by atoms with E-state index in [0.29, 0.717) is 27.8 Å². The molecular weight excluding hydrogens is 256 g/mol. The molecule has 5 nitrogen and oxygen atoms in total. The van der Waals surface area contributed by atoms with Crippen molar-refractivity contribution >= 4 is 28.2 Å². The van der Waals surface area contributed by atoms with E-state index in [9.17, 15) is 0 Å². The number of hydrogen-bond acceptors (Lipinski definition) is 7. The second-order valence-electron chi connectivity index (χ2n) is 3.62. The number of nitrogens with two attached hydrogens (primary N) is 1. The Morgan fingerprint density at radius 1 is 1.53 bits per heavy atom. The van der Waals surface area contributed by atoms with Crippen molar-refractivity contribution in [3.8, 4) is 11.6 Å². The van der Waals surface area contributed by atoms with Gasteiger partial charge in [0.25, 0.3) is 5.89 Å². The van der Waals surface area contributed by atoms with Crippen LogP contribution in [0, 0.1) is 0 Å². The zero-order chi connectivity index (χ0) is 12.3. The van der Waals surface area contributed by atoms with Crippen LogP contribution in [0.1, 0.15) is 26.1 Å². The lowest BCUT2D eigenvalue weighted by Gasteiger charge is -2.04. The van der Waals surface area contributed by atoms with E-state index in [2.05, 4.69) is 29.0 Å². The van der Waals surface area contributed by atoms with Crippen LogP contribution in [0.4, 0.5) is 5.13 Å². The third-order valence-corrected chi connectivity index (χ3v) is 4.28. The van der Waals surface area contributed by atoms with Crippen LogP contribution in [0.15, 0.2) is 9.90 Å². The topological polar surface area (TPSA) is 77.8 Å². The van der Waals surface area contributed by atoms with Crippen LogP contribution < -0.4 is 5.73 Å². The van der Waals surface area contributed by atoms with E-state index in [1.165, 1.54) is 11.3 Å². The zero-order valence-corrected chi connectivity index (χ0v) is 11.3. The highest BCUT2D eigenvalue weighted by Gasteiger charge is 2.12. The maximum atomic E-state index is 5.55. The molecule has 2 aromatic rings. The first-order chi connectivity index (χ1) is 8.19. The molecule has 0 bridgehead atoms. The fourth-order valence-electron chi connectivity index (χ4n) is 1.14. The summed E-state index contributed by atoms with van der Waals surface area (Å²) in [5, 5.41) is 6.85. The molecule has 0 saturated carbocycles. The molecule has 92 valence electrons. The third-order valence-electron chi connectivity index (χ3n) is 2.28. The van der Waals surface area contributed by atoms with Crippen molar-refractivity contribution in [1.82, 2.24) is 15.1 Å². The van der Waals surface area contributed by atoms with Gasteiger partial charge in [0, 0.05) is 10.6 Å². The number of anilines is 1. The fourth-order valence-corrected chi connectivity index (χ4v) is 2.46. The van der Waals surface area contributed by atoms with Gasteiger partial charge in [-0.25, -0.2) is 4.98 Å². The van der Waals surface area contributed by atoms with Crippen LogP contribution in [-0.4, -0.2) is 20.4 Å². The first kappa shape index (κ1) is 12.4. The summed E-state index contributed by atoms with van der Waals surface area (Å²) in [6, 6.07) is 0. The van der Waals surface area contributed by atoms with Crippen molar-refractivity contribution in [2.24, 2.45) is 0 Å². The first-order valence-corrected chi connectivity index (χ1v) is 7.27. The van der Waals surface area contributed by atoms with Crippen LogP contribution in [-0.2, 0) is 5.75 Å². The SMILES string of the molecule is CCC(C)SCc1noc(-c2csc(N)n2)n1. The number of aromatic nitrogens is 3. The smallest absolute Gasteiger partial charge is 0.277 e. The van der Waals surface area contributed by atoms with Gasteiger partial charge in [0.2, 0.25) is 0 Å². The van der Waals surface area contributed by atoms with E-state index >= 15 is 0 Å². The molecule has 2 N–H and O–H groups in total. The lowest BCUT2D eigenvalue weighted by Crippen LogP contribution is -1.94. The summed E-state index contributed by atoms with van der Waals surface area (Å²) in [6.07, 6.45) is 1.14. The van der Waals surface area contributed by atoms with E-state index in [1.54, 1.807) is 0 Å². The third kappa shape index (κ3) is 3.19. The lowest BCUT2D eigenvalue weighted by atomic mass is 10.4. The second-order valence-corrected chi connectivity index (χ2v) is 5.93. The summed E-state index contributed by atoms with van der Waals surface area (Å²) in [7, 11) is 0. The van der Waals surface area contributed by atoms with Gasteiger partial charge in [-0.15, -0.1) is 11.3 Å². The number of nitrogens with zero attached hydrogens (tertiary/aromatic N) is 3. The highest BCUT2D eigenvalue weighted by Crippen LogP contribution is 2.23. The summed E-state index contributed by atoms with van der Waals surface area (Å²) >= 11 is 3.18. The van der Waals surface area contributed by atoms with Gasteiger partial charge in [-0.05, 0) is 6.42 Å². The quantitative estimate of drug-likeness (QED) is 0.900. The van der Waals surface area contributed by atoms with Crippen LogP contribution in [0.25, 0.3) is 11.6 Å². The fraction of sp³-hybridized carbons (Fsp3) is 0.500. The highest BCUT2D eigenvalue weighted by molar-refractivity contribution is 7.99. The van der Waals surface area contributed by atoms with E-state index in [-0.39, 0.29) is 0 Å². The Kier molecular flexibility index (Phi) is 4.01. The summed E-state index contributed by atoms with van der Waals surface area (Å²) in [5.41, 5.74) is 6.21. The van der Waals surface area contributed by atoms with Crippen molar-refractivity contribution in [2.75, 3.05) is 5.73 Å². The van der Waals surface area contributed by atoms with Gasteiger partial charge in [-0.1, -0.05) is 19.0 Å². The summed E-state index contributed by atoms with van der Waals surface area (Å²) in [4.78, 5) is 8.39. The Labute approximate surface area is 108 Å². The van der Waals surface area contributed by atoms with E-state index in [4.69, 9.17) is 10.3 Å². The van der Waals surface area contributed by atoms with Crippen molar-refractivity contribution < 1.29 is 4.52 Å². The maximum absolute atomic E-state index is 5.55. The predicted molar refractivity (Wildman–Crippen MR) is 70.9 cm³/mol. The minimum Gasteiger partial charge on any atom is -0.375 e. The van der Waals surface area contributed by atoms with Crippen LogP contribution in [0.2, 0.25) is 0 Å². The van der Waals surface area contributed by atoms with Gasteiger partial charge >= 0.3 is 0 Å². The molecule has 0 radical (unpaired) electrons. The minimum atomic E-state index is 0.442. The van der Waals surface area contributed by atoms with Crippen LogP contribution in [0.3, 0.4) is 0 Å². The predicted octanol–water partition coefficient (Wildman–Crippen LogP) is 2.81. The van der Waals surface area contributed by atoms with Gasteiger partial charge in [0.15, 0.2) is 11.0 Å². The van der Waals surface area contributed by atoms with Crippen molar-refractivity contribution in [3.05, 3.63) is 11.2 Å². The summed E-state index contributed by atoms with van der Waals surface area (Å²) in [5.74, 6) is 1.91. The van der Waals surface area contributed by atoms with E-state index < -0.39 is 0 Å². The molecule has 2 heterocycles. The van der Waals surface area contributed by atoms with Gasteiger partial charge in [0.1, 0.15) is 5.69 Å². The number of rotatable bonds is 5. The van der Waals surface area contributed by atoms with Gasteiger partial charge in [-0.2, -0.15) is 16.7 Å². The first-order valence-electron chi connectivity index (χ1n) is 5.34. The Bertz CT molecular complexity index is 482. The lowest BCUT2D eigenvalue weighted by molar-refractivity contribution is 0.424. The molecule has 0 aliphatic heterocycles. The van der Waals surface area contributed by atoms with Crippen LogP contribution in [0.5, 0.6) is 0 Å². The molecule has 17 heavy (non-hydrogen) atoms. The molecular formula is C10H14N4OS2. The Morgan fingerprint density at radius 2 is 2.35 bits per heavy atom. The molecule has 0 spiro atoms. The summed E-state index contributed by atoms with van der Waals surface area (Å²) < 4.78 is 5.14. The van der Waals surface area contributed by atoms with Crippen LogP contribution >= 0.6 is 23.1 Å². The molecule has 7 heteroatoms. The molecule has 1 atom stereocenters. The Morgan fingerprint density at radius 3 is 3.00 bits per heavy atom. The molecule has 0 fully saturated rings. The molecule has 0 amide bonds. The standard InChI is InChI=1S/C10H14N4OS2/c1-3-6(2)16-5-8-13-9(15-14-8)7-4-17-10(11)12-7/h4,6H,3,5H2,1-2H3,(H2,11,12). The highest BCUT2D eigenvalue weighted by atomic mass is 32.2. The van der Waals surface area contributed by atoms with Gasteiger partial charge in [-0.3, -0.25) is 0 Å². The second kappa shape index (κ2) is 5.50. The molecule has 1 unspecified atom stereocenters. The Hall–Kier alpha value is -1.08. The molecule has 2 rings (SSSR count). The largest absolute Gasteiger partial charge is 0.375 e. The molecule has 2 aromatic heterocycles. The van der Waals surface area contributed by atoms with E-state index in [0.717, 1.165) is 12.2 Å². The van der Waals surface area contributed by atoms with Crippen molar-refractivity contribution in [2.45, 2.75) is 31.3 Å². The number of hydrogen-bond donors (Lipinski definition) is 1.